The molecule has 0 bridgehead atoms. The van der Waals surface area contributed by atoms with E-state index in [9.17, 15) is 14.0 Å². The topological polar surface area (TPSA) is 134 Å². The Hall–Kier alpha value is -3.92. The third-order valence-corrected chi connectivity index (χ3v) is 5.56. The maximum Gasteiger partial charge on any atom is 0.255 e. The van der Waals surface area contributed by atoms with E-state index in [0.29, 0.717) is 36.5 Å². The minimum atomic E-state index is -0.749. The molecule has 0 aliphatic carbocycles. The van der Waals surface area contributed by atoms with E-state index in [1.165, 1.54) is 23.9 Å². The van der Waals surface area contributed by atoms with Gasteiger partial charge in [-0.15, -0.1) is 0 Å². The minimum Gasteiger partial charge on any atom is -0.496 e. The van der Waals surface area contributed by atoms with Crippen LogP contribution in [0.1, 0.15) is 38.7 Å². The first-order valence-corrected chi connectivity index (χ1v) is 10.4. The van der Waals surface area contributed by atoms with E-state index in [-0.39, 0.29) is 35.2 Å². The number of nitrogens with zero attached hydrogens (tertiary/aromatic N) is 2. The summed E-state index contributed by atoms with van der Waals surface area (Å²) in [5, 5.41) is 7.13. The molecule has 1 atom stereocenters. The average Bonchev–Trinajstić information content (AvgIpc) is 3.45. The number of nitrogens with two attached hydrogens (primary N) is 2. The predicted molar refractivity (Wildman–Crippen MR) is 119 cm³/mol. The van der Waals surface area contributed by atoms with Gasteiger partial charge in [0, 0.05) is 24.3 Å². The lowest BCUT2D eigenvalue weighted by Crippen LogP contribution is -2.23. The number of nitrogen functional groups attached to an aromatic ring is 1. The monoisotopic (exact) mass is 453 g/mol. The summed E-state index contributed by atoms with van der Waals surface area (Å²) in [6, 6.07) is 11.0. The molecule has 1 unspecified atom stereocenters. The Morgan fingerprint density at radius 3 is 2.76 bits per heavy atom. The number of benzene rings is 2. The largest absolute Gasteiger partial charge is 0.496 e. The molecule has 0 saturated carbocycles. The molecule has 2 aromatic carbocycles. The minimum absolute atomic E-state index is 0.0400. The summed E-state index contributed by atoms with van der Waals surface area (Å²) in [5.74, 6) is -1.16. The Balaban J connectivity index is 1.57. The number of nitrogens with one attached hydrogen (secondary N) is 1. The van der Waals surface area contributed by atoms with Crippen molar-refractivity contribution in [2.24, 2.45) is 5.73 Å². The number of ether oxygens (including phenoxy) is 2. The Kier molecular flexibility index (Phi) is 6.27. The molecule has 3 aromatic rings. The second kappa shape index (κ2) is 9.29. The van der Waals surface area contributed by atoms with Gasteiger partial charge >= 0.3 is 0 Å². The maximum absolute atomic E-state index is 14.9. The Bertz CT molecular complexity index is 1200. The van der Waals surface area contributed by atoms with Crippen LogP contribution in [0.3, 0.4) is 0 Å². The van der Waals surface area contributed by atoms with Gasteiger partial charge in [0.15, 0.2) is 0 Å². The lowest BCUT2D eigenvalue weighted by atomic mass is 10.0. The first-order valence-electron chi connectivity index (χ1n) is 10.4. The van der Waals surface area contributed by atoms with Crippen molar-refractivity contribution in [3.05, 3.63) is 65.0 Å². The summed E-state index contributed by atoms with van der Waals surface area (Å²) in [4.78, 5) is 24.5. The van der Waals surface area contributed by atoms with Gasteiger partial charge in [0.2, 0.25) is 0 Å². The van der Waals surface area contributed by atoms with Gasteiger partial charge in [-0.3, -0.25) is 9.59 Å². The van der Waals surface area contributed by atoms with Gasteiger partial charge in [0.1, 0.15) is 28.6 Å². The van der Waals surface area contributed by atoms with Crippen molar-refractivity contribution in [2.75, 3.05) is 26.1 Å². The summed E-state index contributed by atoms with van der Waals surface area (Å²) < 4.78 is 27.0. The smallest absolute Gasteiger partial charge is 0.255 e. The number of methoxy groups -OCH3 is 1. The fourth-order valence-electron chi connectivity index (χ4n) is 3.83. The van der Waals surface area contributed by atoms with Crippen molar-refractivity contribution < 1.29 is 23.5 Å². The van der Waals surface area contributed by atoms with Crippen LogP contribution in [0.4, 0.5) is 10.2 Å². The van der Waals surface area contributed by atoms with Crippen LogP contribution in [0.25, 0.3) is 11.3 Å². The Morgan fingerprint density at radius 1 is 1.30 bits per heavy atom. The quantitative estimate of drug-likeness (QED) is 0.502. The normalized spacial score (nSPS) is 15.4. The number of hydrogen-bond acceptors (Lipinski definition) is 6. The molecule has 2 heterocycles. The highest BCUT2D eigenvalue weighted by atomic mass is 19.1. The van der Waals surface area contributed by atoms with Crippen molar-refractivity contribution in [3.8, 4) is 17.0 Å². The Morgan fingerprint density at radius 2 is 2.09 bits per heavy atom. The highest BCUT2D eigenvalue weighted by Crippen LogP contribution is 2.32. The van der Waals surface area contributed by atoms with E-state index in [0.717, 1.165) is 0 Å². The summed E-state index contributed by atoms with van der Waals surface area (Å²) in [6.07, 6.45) is 0.697. The van der Waals surface area contributed by atoms with Crippen LogP contribution in [0.15, 0.2) is 42.5 Å². The lowest BCUT2D eigenvalue weighted by Gasteiger charge is -2.10. The molecule has 5 N–H and O–H groups in total. The number of hydrogen-bond donors (Lipinski definition) is 3. The van der Waals surface area contributed by atoms with E-state index in [1.807, 2.05) is 0 Å². The highest BCUT2D eigenvalue weighted by molar-refractivity contribution is 6.03. The highest BCUT2D eigenvalue weighted by Gasteiger charge is 2.28. The number of para-hydroxylation sites is 1. The third-order valence-electron chi connectivity index (χ3n) is 5.56. The molecule has 4 rings (SSSR count). The molecule has 0 spiro atoms. The number of primary amides is 1. The van der Waals surface area contributed by atoms with Crippen LogP contribution in [0, 0.1) is 5.82 Å². The molecule has 9 nitrogen and oxygen atoms in total. The van der Waals surface area contributed by atoms with Crippen molar-refractivity contribution in [2.45, 2.75) is 19.0 Å². The van der Waals surface area contributed by atoms with E-state index in [2.05, 4.69) is 10.4 Å². The zero-order valence-electron chi connectivity index (χ0n) is 18.0. The average molecular weight is 453 g/mol. The second-order valence-corrected chi connectivity index (χ2v) is 7.62. The molecule has 172 valence electrons. The molecule has 2 amide bonds. The molecule has 1 fully saturated rings. The Labute approximate surface area is 189 Å². The molecule has 1 aliphatic heterocycles. The van der Waals surface area contributed by atoms with Crippen LogP contribution in [-0.2, 0) is 11.3 Å². The van der Waals surface area contributed by atoms with E-state index in [4.69, 9.17) is 20.9 Å². The molecular weight excluding hydrogens is 429 g/mol. The molecule has 33 heavy (non-hydrogen) atoms. The zero-order valence-corrected chi connectivity index (χ0v) is 18.0. The number of carbonyl (C=O) groups is 2. The lowest BCUT2D eigenvalue weighted by molar-refractivity contribution is 0.0946. The van der Waals surface area contributed by atoms with E-state index in [1.54, 1.807) is 30.3 Å². The SMILES string of the molecule is COc1ccccc1C(=O)NCc1ccc(-c2nn(C3CCOC3)c(N)c2C(N)=O)cc1F. The van der Waals surface area contributed by atoms with Crippen LogP contribution in [0.5, 0.6) is 5.75 Å². The van der Waals surface area contributed by atoms with Gasteiger partial charge in [-0.25, -0.2) is 9.07 Å². The van der Waals surface area contributed by atoms with Crippen LogP contribution in [0.2, 0.25) is 0 Å². The molecule has 1 aromatic heterocycles. The van der Waals surface area contributed by atoms with Crippen LogP contribution < -0.4 is 21.5 Å². The third kappa shape index (κ3) is 4.37. The number of rotatable bonds is 7. The molecule has 1 aliphatic rings. The van der Waals surface area contributed by atoms with Gasteiger partial charge < -0.3 is 26.3 Å². The van der Waals surface area contributed by atoms with Crippen molar-refractivity contribution in [1.82, 2.24) is 15.1 Å². The van der Waals surface area contributed by atoms with Gasteiger partial charge in [-0.1, -0.05) is 24.3 Å². The second-order valence-electron chi connectivity index (χ2n) is 7.62. The first-order chi connectivity index (χ1) is 15.9. The summed E-state index contributed by atoms with van der Waals surface area (Å²) in [6.45, 7) is 0.944. The van der Waals surface area contributed by atoms with Crippen molar-refractivity contribution >= 4 is 17.6 Å². The number of halogens is 1. The summed E-state index contributed by atoms with van der Waals surface area (Å²) in [7, 11) is 1.47. The van der Waals surface area contributed by atoms with Crippen LogP contribution in [-0.4, -0.2) is 41.9 Å². The van der Waals surface area contributed by atoms with Gasteiger partial charge in [-0.05, 0) is 24.6 Å². The standard InChI is InChI=1S/C23H24FN5O4/c1-32-18-5-3-2-4-16(18)23(31)27-11-14-7-6-13(10-17(14)24)20-19(22(26)30)21(25)29(28-20)15-8-9-33-12-15/h2-7,10,15H,8-9,11-12,25H2,1H3,(H2,26,30)(H,27,31). The molecule has 1 saturated heterocycles. The first kappa shape index (κ1) is 22.3. The fourth-order valence-corrected chi connectivity index (χ4v) is 3.83. The summed E-state index contributed by atoms with van der Waals surface area (Å²) >= 11 is 0. The van der Waals surface area contributed by atoms with E-state index < -0.39 is 17.6 Å². The predicted octanol–water partition coefficient (Wildman–Crippen LogP) is 2.27. The fraction of sp³-hybridized carbons (Fsp3) is 0.261. The van der Waals surface area contributed by atoms with Crippen LogP contribution >= 0.6 is 0 Å². The number of anilines is 1. The van der Waals surface area contributed by atoms with Gasteiger partial charge in [-0.2, -0.15) is 5.10 Å². The summed E-state index contributed by atoms with van der Waals surface area (Å²) in [5.41, 5.74) is 12.9. The van der Waals surface area contributed by atoms with E-state index >= 15 is 0 Å². The number of amides is 2. The maximum atomic E-state index is 14.9. The zero-order chi connectivity index (χ0) is 23.5. The molecule has 10 heteroatoms. The number of carbonyl (C=O) groups excluding carboxylic acids is 2. The van der Waals surface area contributed by atoms with Gasteiger partial charge in [0.25, 0.3) is 11.8 Å². The van der Waals surface area contributed by atoms with Crippen molar-refractivity contribution in [3.63, 3.8) is 0 Å². The van der Waals surface area contributed by atoms with Crippen molar-refractivity contribution in [1.29, 1.82) is 0 Å². The number of aromatic nitrogens is 2. The molecular formula is C23H24FN5O4. The molecule has 0 radical (unpaired) electrons. The van der Waals surface area contributed by atoms with Gasteiger partial charge in [0.05, 0.1) is 25.3 Å².